The molecule has 0 spiro atoms. The molecule has 3 saturated heterocycles. The van der Waals surface area contributed by atoms with E-state index >= 15 is 0 Å². The average Bonchev–Trinajstić information content (AvgIpc) is 3.28. The van der Waals surface area contributed by atoms with E-state index in [1.807, 2.05) is 4.90 Å². The molecule has 0 aromatic carbocycles. The highest BCUT2D eigenvalue weighted by Gasteiger charge is 2.59. The highest BCUT2D eigenvalue weighted by molar-refractivity contribution is 5.88. The molecule has 3 aliphatic heterocycles. The Kier molecular flexibility index (Phi) is 5.44. The van der Waals surface area contributed by atoms with Crippen LogP contribution in [0.5, 0.6) is 0 Å². The zero-order valence-corrected chi connectivity index (χ0v) is 16.3. The Morgan fingerprint density at radius 2 is 1.65 bits per heavy atom. The molecule has 0 saturated carbocycles. The zero-order chi connectivity index (χ0) is 18.9. The van der Waals surface area contributed by atoms with Gasteiger partial charge in [0.1, 0.15) is 0 Å². The summed E-state index contributed by atoms with van der Waals surface area (Å²) in [6, 6.07) is -0.0805. The van der Waals surface area contributed by atoms with Gasteiger partial charge in [-0.25, -0.2) is 4.79 Å². The maximum atomic E-state index is 13.3. The Morgan fingerprint density at radius 3 is 2.27 bits per heavy atom. The molecule has 146 valence electrons. The highest BCUT2D eigenvalue weighted by Crippen LogP contribution is 2.44. The maximum absolute atomic E-state index is 13.3. The summed E-state index contributed by atoms with van der Waals surface area (Å²) in [6.45, 7) is 10.1. The van der Waals surface area contributed by atoms with E-state index in [-0.39, 0.29) is 23.8 Å². The lowest BCUT2D eigenvalue weighted by molar-refractivity contribution is -0.141. The molecule has 26 heavy (non-hydrogen) atoms. The largest absolute Gasteiger partial charge is 0.342 e. The van der Waals surface area contributed by atoms with E-state index < -0.39 is 5.41 Å². The average molecular weight is 364 g/mol. The Hall–Kier alpha value is -1.79. The van der Waals surface area contributed by atoms with Crippen LogP contribution in [0.4, 0.5) is 4.79 Å². The van der Waals surface area contributed by atoms with Crippen LogP contribution in [0.2, 0.25) is 0 Å². The van der Waals surface area contributed by atoms with Gasteiger partial charge < -0.3 is 20.0 Å². The summed E-state index contributed by atoms with van der Waals surface area (Å²) < 4.78 is 0. The van der Waals surface area contributed by atoms with Crippen molar-refractivity contribution in [2.75, 3.05) is 45.8 Å². The molecule has 0 radical (unpaired) electrons. The zero-order valence-electron chi connectivity index (χ0n) is 16.3. The normalized spacial score (nSPS) is 28.0. The third-order valence-electron chi connectivity index (χ3n) is 6.16. The fourth-order valence-electron chi connectivity index (χ4n) is 4.58. The van der Waals surface area contributed by atoms with Gasteiger partial charge >= 0.3 is 6.03 Å². The van der Waals surface area contributed by atoms with Crippen LogP contribution in [0.25, 0.3) is 0 Å². The molecule has 4 amide bonds. The van der Waals surface area contributed by atoms with E-state index in [4.69, 9.17) is 0 Å². The summed E-state index contributed by atoms with van der Waals surface area (Å²) in [5.74, 6) is 0.734. The Morgan fingerprint density at radius 1 is 1.04 bits per heavy atom. The van der Waals surface area contributed by atoms with E-state index in [0.29, 0.717) is 38.6 Å². The molecule has 1 N–H and O–H groups in total. The van der Waals surface area contributed by atoms with Crippen molar-refractivity contribution in [3.8, 4) is 0 Å². The second kappa shape index (κ2) is 7.45. The van der Waals surface area contributed by atoms with Crippen molar-refractivity contribution in [2.45, 2.75) is 40.0 Å². The number of carbonyl (C=O) groups excluding carboxylic acids is 3. The second-order valence-corrected chi connectivity index (χ2v) is 8.55. The molecule has 7 heteroatoms. The van der Waals surface area contributed by atoms with Gasteiger partial charge in [-0.3, -0.25) is 9.59 Å². The third-order valence-corrected chi connectivity index (χ3v) is 6.16. The summed E-state index contributed by atoms with van der Waals surface area (Å²) in [5, 5.41) is 2.99. The Labute approximate surface area is 156 Å². The first kappa shape index (κ1) is 19.0. The molecular formula is C19H32N4O3. The molecule has 3 fully saturated rings. The van der Waals surface area contributed by atoms with Crippen LogP contribution >= 0.6 is 0 Å². The van der Waals surface area contributed by atoms with Crippen LogP contribution < -0.4 is 5.32 Å². The Balaban J connectivity index is 1.71. The fraction of sp³-hybridized carbons (Fsp3) is 0.842. The number of rotatable bonds is 4. The van der Waals surface area contributed by atoms with Crippen LogP contribution in [0.1, 0.15) is 40.0 Å². The molecule has 2 atom stereocenters. The minimum atomic E-state index is -0.620. The van der Waals surface area contributed by atoms with Gasteiger partial charge in [-0.15, -0.1) is 0 Å². The molecule has 0 unspecified atom stereocenters. The van der Waals surface area contributed by atoms with Crippen molar-refractivity contribution in [2.24, 2.45) is 17.3 Å². The number of nitrogens with one attached hydrogen (secondary N) is 1. The number of likely N-dealkylation sites (tertiary alicyclic amines) is 3. The predicted molar refractivity (Wildman–Crippen MR) is 98.4 cm³/mol. The number of amides is 4. The third kappa shape index (κ3) is 3.53. The summed E-state index contributed by atoms with van der Waals surface area (Å²) in [4.78, 5) is 43.3. The highest BCUT2D eigenvalue weighted by atomic mass is 16.2. The summed E-state index contributed by atoms with van der Waals surface area (Å²) in [7, 11) is 0. The van der Waals surface area contributed by atoms with E-state index in [0.717, 1.165) is 32.4 Å². The SMILES string of the molecule is CC(=O)N1C[C@H]2CN(C(=O)NCCC(C)C)C[C@@]2(C(=O)N2CCCC2)C1. The van der Waals surface area contributed by atoms with Crippen molar-refractivity contribution in [3.05, 3.63) is 0 Å². The number of hydrogen-bond acceptors (Lipinski definition) is 3. The van der Waals surface area contributed by atoms with Gasteiger partial charge in [-0.05, 0) is 25.2 Å². The minimum absolute atomic E-state index is 0.0148. The standard InChI is InChI=1S/C19H32N4O3/c1-14(2)6-7-20-18(26)23-11-16-10-22(15(3)24)12-19(16,13-23)17(25)21-8-4-5-9-21/h14,16H,4-13H2,1-3H3,(H,20,26)/t16-,19-/m0/s1. The molecular weight excluding hydrogens is 332 g/mol. The van der Waals surface area contributed by atoms with E-state index in [1.54, 1.807) is 16.7 Å². The van der Waals surface area contributed by atoms with Gasteiger partial charge in [-0.2, -0.15) is 0 Å². The van der Waals surface area contributed by atoms with Crippen molar-refractivity contribution >= 4 is 17.8 Å². The monoisotopic (exact) mass is 364 g/mol. The number of hydrogen-bond donors (Lipinski definition) is 1. The summed E-state index contributed by atoms with van der Waals surface area (Å²) in [5.41, 5.74) is -0.620. The van der Waals surface area contributed by atoms with E-state index in [9.17, 15) is 14.4 Å². The predicted octanol–water partition coefficient (Wildman–Crippen LogP) is 1.14. The topological polar surface area (TPSA) is 73.0 Å². The first-order valence-corrected chi connectivity index (χ1v) is 9.91. The molecule has 0 aromatic rings. The van der Waals surface area contributed by atoms with Crippen molar-refractivity contribution in [1.29, 1.82) is 0 Å². The lowest BCUT2D eigenvalue weighted by Gasteiger charge is -2.32. The second-order valence-electron chi connectivity index (χ2n) is 8.55. The van der Waals surface area contributed by atoms with Gasteiger partial charge in [0.05, 0.1) is 5.41 Å². The molecule has 3 rings (SSSR count). The first-order chi connectivity index (χ1) is 12.3. The molecule has 0 aromatic heterocycles. The maximum Gasteiger partial charge on any atom is 0.317 e. The quantitative estimate of drug-likeness (QED) is 0.813. The number of carbonyl (C=O) groups is 3. The van der Waals surface area contributed by atoms with Gasteiger partial charge in [-0.1, -0.05) is 13.8 Å². The van der Waals surface area contributed by atoms with Crippen molar-refractivity contribution in [1.82, 2.24) is 20.0 Å². The minimum Gasteiger partial charge on any atom is -0.342 e. The van der Waals surface area contributed by atoms with Crippen molar-refractivity contribution < 1.29 is 14.4 Å². The summed E-state index contributed by atoms with van der Waals surface area (Å²) in [6.07, 6.45) is 3.03. The van der Waals surface area contributed by atoms with Gasteiger partial charge in [0, 0.05) is 58.7 Å². The number of urea groups is 1. The van der Waals surface area contributed by atoms with E-state index in [1.165, 1.54) is 0 Å². The van der Waals surface area contributed by atoms with Crippen LogP contribution in [0.3, 0.4) is 0 Å². The lowest BCUT2D eigenvalue weighted by Crippen LogP contribution is -2.50. The van der Waals surface area contributed by atoms with Gasteiger partial charge in [0.15, 0.2) is 0 Å². The van der Waals surface area contributed by atoms with Crippen molar-refractivity contribution in [3.63, 3.8) is 0 Å². The first-order valence-electron chi connectivity index (χ1n) is 9.91. The number of nitrogens with zero attached hydrogens (tertiary/aromatic N) is 3. The molecule has 0 aliphatic carbocycles. The van der Waals surface area contributed by atoms with Crippen LogP contribution in [-0.4, -0.2) is 78.4 Å². The number of fused-ring (bicyclic) bond motifs is 1. The smallest absolute Gasteiger partial charge is 0.317 e. The molecule has 3 heterocycles. The van der Waals surface area contributed by atoms with Gasteiger partial charge in [0.25, 0.3) is 0 Å². The molecule has 3 aliphatic rings. The summed E-state index contributed by atoms with van der Waals surface area (Å²) >= 11 is 0. The van der Waals surface area contributed by atoms with Crippen LogP contribution in [-0.2, 0) is 9.59 Å². The molecule has 7 nitrogen and oxygen atoms in total. The van der Waals surface area contributed by atoms with Gasteiger partial charge in [0.2, 0.25) is 11.8 Å². The van der Waals surface area contributed by atoms with Crippen LogP contribution in [0, 0.1) is 17.3 Å². The lowest BCUT2D eigenvalue weighted by atomic mass is 9.79. The Bertz CT molecular complexity index is 573. The van der Waals surface area contributed by atoms with E-state index in [2.05, 4.69) is 19.2 Å². The van der Waals surface area contributed by atoms with Crippen LogP contribution in [0.15, 0.2) is 0 Å². The fourth-order valence-corrected chi connectivity index (χ4v) is 4.58. The molecule has 0 bridgehead atoms.